The number of likely N-dealkylation sites (tertiary alicyclic amines) is 1. The lowest BCUT2D eigenvalue weighted by molar-refractivity contribution is -0.133. The van der Waals surface area contributed by atoms with E-state index in [0.717, 1.165) is 41.8 Å². The second kappa shape index (κ2) is 6.51. The van der Waals surface area contributed by atoms with Crippen LogP contribution in [-0.2, 0) is 11.3 Å². The summed E-state index contributed by atoms with van der Waals surface area (Å²) < 4.78 is 0. The van der Waals surface area contributed by atoms with Crippen LogP contribution in [0.4, 0.5) is 5.82 Å². The zero-order chi connectivity index (χ0) is 17.2. The average Bonchev–Trinajstić information content (AvgIpc) is 3.28. The molecule has 2 aromatic heterocycles. The summed E-state index contributed by atoms with van der Waals surface area (Å²) in [6.07, 6.45) is 3.75. The number of benzene rings is 1. The van der Waals surface area contributed by atoms with Crippen molar-refractivity contribution >= 4 is 22.8 Å². The number of carbonyl (C=O) groups excluding carboxylic acids is 1. The van der Waals surface area contributed by atoms with Crippen LogP contribution in [0.3, 0.4) is 0 Å². The van der Waals surface area contributed by atoms with Crippen LogP contribution < -0.4 is 5.32 Å². The molecule has 1 aliphatic heterocycles. The summed E-state index contributed by atoms with van der Waals surface area (Å²) >= 11 is 0. The third kappa shape index (κ3) is 3.05. The molecule has 0 aliphatic carbocycles. The molecule has 1 fully saturated rings. The van der Waals surface area contributed by atoms with E-state index < -0.39 is 0 Å². The van der Waals surface area contributed by atoms with E-state index in [-0.39, 0.29) is 18.5 Å². The number of pyridine rings is 1. The summed E-state index contributed by atoms with van der Waals surface area (Å²) in [6.45, 7) is 0.927. The van der Waals surface area contributed by atoms with Crippen molar-refractivity contribution < 1.29 is 4.79 Å². The number of rotatable bonds is 4. The minimum Gasteiger partial charge on any atom is -0.373 e. The van der Waals surface area contributed by atoms with Gasteiger partial charge in [0.2, 0.25) is 5.91 Å². The van der Waals surface area contributed by atoms with E-state index in [1.807, 2.05) is 48.3 Å². The van der Waals surface area contributed by atoms with E-state index in [4.69, 9.17) is 0 Å². The predicted molar refractivity (Wildman–Crippen MR) is 95.0 cm³/mol. The Morgan fingerprint density at radius 1 is 1.24 bits per heavy atom. The van der Waals surface area contributed by atoms with Crippen molar-refractivity contribution in [1.29, 1.82) is 0 Å². The van der Waals surface area contributed by atoms with Gasteiger partial charge in [0, 0.05) is 19.8 Å². The van der Waals surface area contributed by atoms with Crippen LogP contribution in [0, 0.1) is 0 Å². The molecule has 128 valence electrons. The van der Waals surface area contributed by atoms with Gasteiger partial charge in [-0.3, -0.25) is 4.79 Å². The normalized spacial score (nSPS) is 17.2. The molecule has 7 nitrogen and oxygen atoms in total. The molecule has 0 radical (unpaired) electrons. The van der Waals surface area contributed by atoms with E-state index in [1.165, 1.54) is 4.80 Å². The second-order valence-electron chi connectivity index (χ2n) is 6.19. The molecule has 25 heavy (non-hydrogen) atoms. The van der Waals surface area contributed by atoms with Crippen molar-refractivity contribution in [3.63, 3.8) is 0 Å². The highest BCUT2D eigenvalue weighted by Crippen LogP contribution is 2.32. The first-order valence-electron chi connectivity index (χ1n) is 8.47. The van der Waals surface area contributed by atoms with E-state index >= 15 is 0 Å². The van der Waals surface area contributed by atoms with E-state index in [0.29, 0.717) is 0 Å². The fraction of sp³-hybridized carbons (Fsp3) is 0.333. The maximum absolute atomic E-state index is 12.8. The van der Waals surface area contributed by atoms with Crippen molar-refractivity contribution in [2.24, 2.45) is 0 Å². The highest BCUT2D eigenvalue weighted by Gasteiger charge is 2.30. The highest BCUT2D eigenvalue weighted by atomic mass is 16.2. The average molecular weight is 336 g/mol. The standard InChI is InChI=1S/C18H20N6O/c1-19-17-11-13(8-9-20-17)16-7-4-10-23(16)18(25)12-24-21-14-5-2-3-6-15(14)22-24/h2-3,5-6,8-9,11,16H,4,7,10,12H2,1H3,(H,19,20)/t16-/m1/s1. The molecule has 1 aromatic carbocycles. The molecule has 0 bridgehead atoms. The molecule has 4 rings (SSSR count). The van der Waals surface area contributed by atoms with Gasteiger partial charge < -0.3 is 10.2 Å². The fourth-order valence-corrected chi connectivity index (χ4v) is 3.39. The Labute approximate surface area is 145 Å². The molecule has 0 saturated carbocycles. The van der Waals surface area contributed by atoms with Gasteiger partial charge in [0.25, 0.3) is 0 Å². The zero-order valence-electron chi connectivity index (χ0n) is 14.1. The van der Waals surface area contributed by atoms with E-state index in [2.05, 4.69) is 20.5 Å². The molecule has 1 saturated heterocycles. The van der Waals surface area contributed by atoms with Crippen molar-refractivity contribution in [1.82, 2.24) is 24.9 Å². The lowest BCUT2D eigenvalue weighted by atomic mass is 10.1. The highest BCUT2D eigenvalue weighted by molar-refractivity contribution is 5.78. The number of aromatic nitrogens is 4. The second-order valence-corrected chi connectivity index (χ2v) is 6.19. The van der Waals surface area contributed by atoms with Crippen LogP contribution in [0.5, 0.6) is 0 Å². The van der Waals surface area contributed by atoms with Crippen LogP contribution in [0.15, 0.2) is 42.6 Å². The third-order valence-corrected chi connectivity index (χ3v) is 4.60. The van der Waals surface area contributed by atoms with Crippen molar-refractivity contribution in [2.75, 3.05) is 18.9 Å². The number of anilines is 1. The van der Waals surface area contributed by atoms with Crippen LogP contribution >= 0.6 is 0 Å². The molecule has 1 atom stereocenters. The van der Waals surface area contributed by atoms with Crippen molar-refractivity contribution in [2.45, 2.75) is 25.4 Å². The van der Waals surface area contributed by atoms with Gasteiger partial charge in [-0.25, -0.2) is 4.98 Å². The summed E-state index contributed by atoms with van der Waals surface area (Å²) in [5.74, 6) is 0.863. The topological polar surface area (TPSA) is 75.9 Å². The minimum absolute atomic E-state index is 0.0469. The fourth-order valence-electron chi connectivity index (χ4n) is 3.39. The number of carbonyl (C=O) groups is 1. The lowest BCUT2D eigenvalue weighted by Crippen LogP contribution is -2.34. The number of nitrogens with one attached hydrogen (secondary N) is 1. The Morgan fingerprint density at radius 2 is 2.00 bits per heavy atom. The van der Waals surface area contributed by atoms with Crippen molar-refractivity contribution in [3.05, 3.63) is 48.2 Å². The Balaban J connectivity index is 1.53. The van der Waals surface area contributed by atoms with Gasteiger partial charge in [-0.05, 0) is 42.7 Å². The number of amides is 1. The number of hydrogen-bond acceptors (Lipinski definition) is 5. The number of nitrogens with zero attached hydrogens (tertiary/aromatic N) is 5. The monoisotopic (exact) mass is 336 g/mol. The maximum Gasteiger partial charge on any atom is 0.246 e. The summed E-state index contributed by atoms with van der Waals surface area (Å²) in [6, 6.07) is 11.7. The molecule has 0 spiro atoms. The quantitative estimate of drug-likeness (QED) is 0.791. The largest absolute Gasteiger partial charge is 0.373 e. The molecule has 0 unspecified atom stereocenters. The Hall–Kier alpha value is -2.96. The van der Waals surface area contributed by atoms with Gasteiger partial charge in [-0.15, -0.1) is 0 Å². The van der Waals surface area contributed by atoms with Gasteiger partial charge >= 0.3 is 0 Å². The minimum atomic E-state index is 0.0469. The number of fused-ring (bicyclic) bond motifs is 1. The Morgan fingerprint density at radius 3 is 2.72 bits per heavy atom. The van der Waals surface area contributed by atoms with Crippen molar-refractivity contribution in [3.8, 4) is 0 Å². The van der Waals surface area contributed by atoms with Crippen LogP contribution in [-0.4, -0.2) is 44.4 Å². The zero-order valence-corrected chi connectivity index (χ0v) is 14.1. The third-order valence-electron chi connectivity index (χ3n) is 4.60. The molecule has 1 aliphatic rings. The first kappa shape index (κ1) is 15.6. The summed E-state index contributed by atoms with van der Waals surface area (Å²) in [5, 5.41) is 11.8. The van der Waals surface area contributed by atoms with Gasteiger partial charge in [0.05, 0.1) is 6.04 Å². The van der Waals surface area contributed by atoms with Gasteiger partial charge in [-0.2, -0.15) is 15.0 Å². The summed E-state index contributed by atoms with van der Waals surface area (Å²) in [5.41, 5.74) is 2.73. The molecule has 3 aromatic rings. The van der Waals surface area contributed by atoms with Crippen LogP contribution in [0.1, 0.15) is 24.4 Å². The van der Waals surface area contributed by atoms with Gasteiger partial charge in [0.15, 0.2) is 0 Å². The molecule has 1 N–H and O–H groups in total. The molecule has 1 amide bonds. The predicted octanol–water partition coefficient (Wildman–Crippen LogP) is 2.23. The number of hydrogen-bond donors (Lipinski definition) is 1. The Kier molecular flexibility index (Phi) is 4.05. The molecule has 7 heteroatoms. The Bertz CT molecular complexity index is 872. The molecular weight excluding hydrogens is 316 g/mol. The maximum atomic E-state index is 12.8. The van der Waals surface area contributed by atoms with Crippen LogP contribution in [0.25, 0.3) is 11.0 Å². The first-order valence-corrected chi connectivity index (χ1v) is 8.47. The van der Waals surface area contributed by atoms with Crippen LogP contribution in [0.2, 0.25) is 0 Å². The van der Waals surface area contributed by atoms with E-state index in [1.54, 1.807) is 6.20 Å². The first-order chi connectivity index (χ1) is 12.2. The lowest BCUT2D eigenvalue weighted by Gasteiger charge is -2.25. The summed E-state index contributed by atoms with van der Waals surface area (Å²) in [7, 11) is 1.84. The van der Waals surface area contributed by atoms with Gasteiger partial charge in [0.1, 0.15) is 23.4 Å². The molecule has 3 heterocycles. The van der Waals surface area contributed by atoms with E-state index in [9.17, 15) is 4.79 Å². The molecular formula is C18H20N6O. The van der Waals surface area contributed by atoms with Gasteiger partial charge in [-0.1, -0.05) is 12.1 Å². The smallest absolute Gasteiger partial charge is 0.246 e. The summed E-state index contributed by atoms with van der Waals surface area (Å²) in [4.78, 5) is 20.5. The SMILES string of the molecule is CNc1cc([C@H]2CCCN2C(=O)Cn2nc3ccccc3n2)ccn1.